The van der Waals surface area contributed by atoms with E-state index in [-0.39, 0.29) is 39.9 Å². The fourth-order valence-corrected chi connectivity index (χ4v) is 3.56. The molecule has 0 spiro atoms. The van der Waals surface area contributed by atoms with Gasteiger partial charge in [-0.1, -0.05) is 11.6 Å². The number of benzene rings is 1. The highest BCUT2D eigenvalue weighted by Crippen LogP contribution is 2.27. The van der Waals surface area contributed by atoms with E-state index in [9.17, 15) is 14.0 Å². The van der Waals surface area contributed by atoms with E-state index in [1.165, 1.54) is 18.5 Å². The van der Waals surface area contributed by atoms with Gasteiger partial charge in [0.25, 0.3) is 5.91 Å². The zero-order valence-corrected chi connectivity index (χ0v) is 20.1. The number of nitrogens with one attached hydrogen (secondary N) is 4. The molecule has 1 aliphatic heterocycles. The average Bonchev–Trinajstić information content (AvgIpc) is 3.21. The van der Waals surface area contributed by atoms with Gasteiger partial charge in [0.2, 0.25) is 6.41 Å². The van der Waals surface area contributed by atoms with E-state index >= 15 is 0 Å². The summed E-state index contributed by atoms with van der Waals surface area (Å²) in [5.74, 6) is -0.853. The summed E-state index contributed by atoms with van der Waals surface area (Å²) < 4.78 is 14.5. The van der Waals surface area contributed by atoms with Crippen molar-refractivity contribution in [3.63, 3.8) is 0 Å². The number of fused-ring (bicyclic) bond motifs is 1. The van der Waals surface area contributed by atoms with Crippen LogP contribution in [-0.2, 0) is 4.79 Å². The number of rotatable bonds is 6. The van der Waals surface area contributed by atoms with Crippen molar-refractivity contribution in [2.75, 3.05) is 25.5 Å². The Hall–Kier alpha value is -4.04. The smallest absolute Gasteiger partial charge is 0.255 e. The monoisotopic (exact) mass is 498 g/mol. The van der Waals surface area contributed by atoms with Crippen molar-refractivity contribution in [2.24, 2.45) is 5.92 Å². The molecule has 0 saturated carbocycles. The first-order chi connectivity index (χ1) is 16.7. The molecule has 12 heteroatoms. The molecule has 4 N–H and O–H groups in total. The van der Waals surface area contributed by atoms with Gasteiger partial charge in [0.1, 0.15) is 17.0 Å². The molecule has 3 heterocycles. The third kappa shape index (κ3) is 5.73. The van der Waals surface area contributed by atoms with E-state index < -0.39 is 5.82 Å². The highest BCUT2D eigenvalue weighted by Gasteiger charge is 2.24. The Morgan fingerprint density at radius 3 is 2.74 bits per heavy atom. The highest BCUT2D eigenvalue weighted by atomic mass is 35.5. The summed E-state index contributed by atoms with van der Waals surface area (Å²) in [6.45, 7) is 4.95. The molecule has 0 bridgehead atoms. The van der Waals surface area contributed by atoms with Crippen molar-refractivity contribution < 1.29 is 14.0 Å². The second kappa shape index (κ2) is 10.9. The van der Waals surface area contributed by atoms with Gasteiger partial charge in [-0.2, -0.15) is 5.26 Å². The number of H-pyrrole nitrogens is 1. The van der Waals surface area contributed by atoms with Crippen LogP contribution in [0.3, 0.4) is 0 Å². The predicted octanol–water partition coefficient (Wildman–Crippen LogP) is 2.94. The van der Waals surface area contributed by atoms with Gasteiger partial charge in [0, 0.05) is 43.1 Å². The second-order valence-electron chi connectivity index (χ2n) is 8.10. The van der Waals surface area contributed by atoms with Crippen molar-refractivity contribution in [1.29, 1.82) is 10.7 Å². The van der Waals surface area contributed by atoms with Crippen LogP contribution in [-0.4, -0.2) is 64.1 Å². The number of nitrogens with zero attached hydrogens (tertiary/aromatic N) is 4. The third-order valence-corrected chi connectivity index (χ3v) is 5.34. The van der Waals surface area contributed by atoms with Crippen molar-refractivity contribution in [2.45, 2.75) is 19.9 Å². The van der Waals surface area contributed by atoms with Crippen LogP contribution in [0.1, 0.15) is 35.5 Å². The number of anilines is 1. The summed E-state index contributed by atoms with van der Waals surface area (Å²) in [5, 5.41) is 22.4. The zero-order valence-electron chi connectivity index (χ0n) is 19.3. The summed E-state index contributed by atoms with van der Waals surface area (Å²) in [6.07, 6.45) is 3.64. The second-order valence-corrected chi connectivity index (χ2v) is 8.54. The quantitative estimate of drug-likeness (QED) is 0.303. The minimum atomic E-state index is -0.648. The molecular weight excluding hydrogens is 475 g/mol. The molecule has 1 saturated heterocycles. The number of carbonyl (C=O) groups excluding carboxylic acids is 2. The lowest BCUT2D eigenvalue weighted by atomic mass is 10.0. The Labute approximate surface area is 206 Å². The van der Waals surface area contributed by atoms with Gasteiger partial charge in [0.15, 0.2) is 5.65 Å². The number of likely N-dealkylation sites (tertiary alicyclic amines) is 1. The number of nitriles is 1. The number of hydrogen-bond acceptors (Lipinski definition) is 7. The average molecular weight is 499 g/mol. The van der Waals surface area contributed by atoms with Crippen LogP contribution in [0.2, 0.25) is 5.02 Å². The van der Waals surface area contributed by atoms with Gasteiger partial charge in [0.05, 0.1) is 35.0 Å². The Kier molecular flexibility index (Phi) is 7.98. The first-order valence-electron chi connectivity index (χ1n) is 10.7. The van der Waals surface area contributed by atoms with E-state index in [0.717, 1.165) is 12.5 Å². The number of aromatic amines is 1. The predicted molar refractivity (Wildman–Crippen MR) is 130 cm³/mol. The number of halogens is 2. The Morgan fingerprint density at radius 1 is 1.43 bits per heavy atom. The fraction of sp³-hybridized carbons (Fsp3) is 0.304. The molecule has 0 aliphatic carbocycles. The molecule has 10 nitrogen and oxygen atoms in total. The molecule has 0 radical (unpaired) electrons. The molecule has 2 amide bonds. The van der Waals surface area contributed by atoms with E-state index in [1.807, 2.05) is 13.8 Å². The molecule has 35 heavy (non-hydrogen) atoms. The van der Waals surface area contributed by atoms with Crippen LogP contribution < -0.4 is 10.6 Å². The first kappa shape index (κ1) is 25.6. The molecule has 1 aliphatic rings. The van der Waals surface area contributed by atoms with E-state index in [1.54, 1.807) is 11.9 Å². The van der Waals surface area contributed by atoms with Crippen LogP contribution in [0.5, 0.6) is 0 Å². The molecule has 0 atom stereocenters. The summed E-state index contributed by atoms with van der Waals surface area (Å²) in [4.78, 5) is 35.2. The van der Waals surface area contributed by atoms with Crippen LogP contribution in [0.4, 0.5) is 10.1 Å². The van der Waals surface area contributed by atoms with E-state index in [4.69, 9.17) is 22.3 Å². The fourth-order valence-electron chi connectivity index (χ4n) is 3.36. The van der Waals surface area contributed by atoms with Crippen molar-refractivity contribution in [3.8, 4) is 6.07 Å². The van der Waals surface area contributed by atoms with Gasteiger partial charge in [-0.3, -0.25) is 15.0 Å². The summed E-state index contributed by atoms with van der Waals surface area (Å²) in [6, 6.07) is 4.68. The molecular formula is C23H24ClFN8O2. The van der Waals surface area contributed by atoms with Gasteiger partial charge in [-0.05, 0) is 26.0 Å². The zero-order chi connectivity index (χ0) is 25.7. The third-order valence-electron chi connectivity index (χ3n) is 5.12. The largest absolute Gasteiger partial charge is 0.387 e. The summed E-state index contributed by atoms with van der Waals surface area (Å²) in [5.41, 5.74) is 1.39. The van der Waals surface area contributed by atoms with Gasteiger partial charge < -0.3 is 20.5 Å². The first-order valence-corrected chi connectivity index (χ1v) is 11.1. The van der Waals surface area contributed by atoms with E-state index in [2.05, 4.69) is 31.7 Å². The van der Waals surface area contributed by atoms with Crippen LogP contribution in [0, 0.1) is 28.5 Å². The molecule has 4 rings (SSSR count). The van der Waals surface area contributed by atoms with Crippen molar-refractivity contribution >= 4 is 46.5 Å². The maximum absolute atomic E-state index is 14.5. The SMILES string of the molecule is CNc1cc(Cl)cc(F)c1C(=N)c1cnc2[nH]cc(C(=O)NC(C)C)c2n1.N#CC1CN(C=O)C1. The molecule has 2 aromatic heterocycles. The lowest BCUT2D eigenvalue weighted by Gasteiger charge is -2.31. The van der Waals surface area contributed by atoms with Gasteiger partial charge in [-0.15, -0.1) is 0 Å². The number of hydrogen-bond donors (Lipinski definition) is 4. The summed E-state index contributed by atoms with van der Waals surface area (Å²) in [7, 11) is 1.61. The van der Waals surface area contributed by atoms with Crippen molar-refractivity contribution in [3.05, 3.63) is 52.2 Å². The maximum atomic E-state index is 14.5. The van der Waals surface area contributed by atoms with Gasteiger partial charge >= 0.3 is 0 Å². The minimum Gasteiger partial charge on any atom is -0.387 e. The van der Waals surface area contributed by atoms with Crippen LogP contribution in [0.15, 0.2) is 24.5 Å². The Bertz CT molecular complexity index is 1310. The minimum absolute atomic E-state index is 0.0271. The van der Waals surface area contributed by atoms with Gasteiger partial charge in [-0.25, -0.2) is 14.4 Å². The Morgan fingerprint density at radius 2 is 2.14 bits per heavy atom. The topological polar surface area (TPSA) is 151 Å². The maximum Gasteiger partial charge on any atom is 0.255 e. The van der Waals surface area contributed by atoms with Crippen molar-refractivity contribution in [1.82, 2.24) is 25.2 Å². The highest BCUT2D eigenvalue weighted by molar-refractivity contribution is 6.31. The van der Waals surface area contributed by atoms with E-state index in [0.29, 0.717) is 35.5 Å². The molecule has 0 unspecified atom stereocenters. The number of aromatic nitrogens is 3. The molecule has 182 valence electrons. The number of carbonyl (C=O) groups is 2. The molecule has 3 aromatic rings. The lowest BCUT2D eigenvalue weighted by molar-refractivity contribution is -0.122. The van der Waals surface area contributed by atoms with Crippen LogP contribution in [0.25, 0.3) is 11.2 Å². The lowest BCUT2D eigenvalue weighted by Crippen LogP contribution is -2.44. The summed E-state index contributed by atoms with van der Waals surface area (Å²) >= 11 is 5.89. The molecule has 1 aromatic carbocycles. The standard InChI is InChI=1S/C18H18ClFN6O.C5H6N2O/c1-8(2)25-18(27)10-6-23-17-16(10)26-13(7-24-17)15(21)14-11(20)4-9(19)5-12(14)22-3;6-1-5-2-7(3-5)4-8/h4-8,21-22H,1-3H3,(H,23,24)(H,25,27);4-5H,2-3H2. The Balaban J connectivity index is 0.000000363. The molecule has 1 fully saturated rings. The normalized spacial score (nSPS) is 12.9. The van der Waals surface area contributed by atoms with Crippen LogP contribution >= 0.6 is 11.6 Å². The number of amides is 2.